The topological polar surface area (TPSA) is 67.9 Å². The molecule has 4 rings (SSSR count). The van der Waals surface area contributed by atoms with Gasteiger partial charge in [-0.15, -0.1) is 11.8 Å². The molecule has 0 spiro atoms. The van der Waals surface area contributed by atoms with Crippen LogP contribution in [0.2, 0.25) is 0 Å². The van der Waals surface area contributed by atoms with Gasteiger partial charge >= 0.3 is 0 Å². The minimum absolute atomic E-state index is 0.169. The number of hydrogen-bond donors (Lipinski definition) is 1. The second kappa shape index (κ2) is 9.05. The maximum atomic E-state index is 12.8. The molecule has 2 aromatic rings. The summed E-state index contributed by atoms with van der Waals surface area (Å²) in [5.74, 6) is 2.00. The molecule has 2 heterocycles. The fourth-order valence-electron chi connectivity index (χ4n) is 3.17. The molecule has 1 saturated heterocycles. The van der Waals surface area contributed by atoms with Crippen LogP contribution in [0.5, 0.6) is 11.5 Å². The van der Waals surface area contributed by atoms with Crippen LogP contribution in [0, 0.1) is 0 Å². The van der Waals surface area contributed by atoms with E-state index in [9.17, 15) is 9.59 Å². The van der Waals surface area contributed by atoms with Gasteiger partial charge in [-0.1, -0.05) is 30.3 Å². The summed E-state index contributed by atoms with van der Waals surface area (Å²) in [6.07, 6.45) is 4.11. The van der Waals surface area contributed by atoms with Gasteiger partial charge in [-0.05, 0) is 23.8 Å². The molecule has 0 saturated carbocycles. The van der Waals surface area contributed by atoms with Crippen molar-refractivity contribution in [1.29, 1.82) is 0 Å². The molecule has 2 aromatic carbocycles. The lowest BCUT2D eigenvalue weighted by Gasteiger charge is -2.22. The number of rotatable bonds is 4. The van der Waals surface area contributed by atoms with Crippen LogP contribution >= 0.6 is 11.8 Å². The maximum Gasteiger partial charge on any atom is 0.248 e. The highest BCUT2D eigenvalue weighted by molar-refractivity contribution is 7.99. The fraction of sp³-hybridized carbons (Fsp3) is 0.273. The van der Waals surface area contributed by atoms with Crippen molar-refractivity contribution >= 4 is 35.3 Å². The van der Waals surface area contributed by atoms with Gasteiger partial charge in [0.15, 0.2) is 11.5 Å². The Labute approximate surface area is 173 Å². The third-order valence-corrected chi connectivity index (χ3v) is 5.71. The molecule has 29 heavy (non-hydrogen) atoms. The summed E-state index contributed by atoms with van der Waals surface area (Å²) in [6, 6.07) is 14.5. The molecule has 2 aliphatic heterocycles. The van der Waals surface area contributed by atoms with Crippen LogP contribution in [0.4, 0.5) is 5.69 Å². The van der Waals surface area contributed by atoms with Crippen molar-refractivity contribution in [3.05, 3.63) is 60.2 Å². The maximum absolute atomic E-state index is 12.8. The highest BCUT2D eigenvalue weighted by Gasteiger charge is 2.33. The van der Waals surface area contributed by atoms with E-state index in [0.29, 0.717) is 42.0 Å². The number of hydrogen-bond acceptors (Lipinski definition) is 5. The molecule has 0 bridgehead atoms. The first-order valence-electron chi connectivity index (χ1n) is 9.53. The second-order valence-electron chi connectivity index (χ2n) is 6.77. The monoisotopic (exact) mass is 410 g/mol. The Balaban J connectivity index is 1.42. The number of nitrogens with one attached hydrogen (secondary N) is 1. The van der Waals surface area contributed by atoms with Gasteiger partial charge < -0.3 is 19.7 Å². The standard InChI is InChI=1S/C22H22N2O4S/c25-21(10-7-16-5-2-1-3-6-16)24-15-29-14-18(24)22(26)23-17-8-9-19-20(13-17)28-12-4-11-27-19/h1-3,5-10,13,18H,4,11-12,14-15H2,(H,23,26). The van der Waals surface area contributed by atoms with Crippen molar-refractivity contribution in [3.8, 4) is 11.5 Å². The zero-order valence-corrected chi connectivity index (χ0v) is 16.7. The average molecular weight is 410 g/mol. The van der Waals surface area contributed by atoms with Crippen molar-refractivity contribution in [1.82, 2.24) is 4.90 Å². The third-order valence-electron chi connectivity index (χ3n) is 4.70. The first-order valence-corrected chi connectivity index (χ1v) is 10.7. The quantitative estimate of drug-likeness (QED) is 0.783. The molecule has 1 unspecified atom stereocenters. The number of carbonyl (C=O) groups is 2. The number of nitrogens with zero attached hydrogens (tertiary/aromatic N) is 1. The molecule has 0 aliphatic carbocycles. The van der Waals surface area contributed by atoms with Crippen LogP contribution in [0.15, 0.2) is 54.6 Å². The van der Waals surface area contributed by atoms with Crippen LogP contribution < -0.4 is 14.8 Å². The van der Waals surface area contributed by atoms with Gasteiger partial charge in [0, 0.05) is 30.0 Å². The normalized spacial score (nSPS) is 18.5. The Morgan fingerprint density at radius 3 is 2.69 bits per heavy atom. The lowest BCUT2D eigenvalue weighted by Crippen LogP contribution is -2.43. The van der Waals surface area contributed by atoms with E-state index in [1.807, 2.05) is 30.3 Å². The van der Waals surface area contributed by atoms with E-state index in [1.165, 1.54) is 6.08 Å². The summed E-state index contributed by atoms with van der Waals surface area (Å²) in [5.41, 5.74) is 1.57. The first-order chi connectivity index (χ1) is 14.2. The van der Waals surface area contributed by atoms with Crippen molar-refractivity contribution in [2.45, 2.75) is 12.5 Å². The minimum Gasteiger partial charge on any atom is -0.490 e. The predicted molar refractivity (Wildman–Crippen MR) is 114 cm³/mol. The van der Waals surface area contributed by atoms with Gasteiger partial charge in [-0.3, -0.25) is 9.59 Å². The molecule has 2 aliphatic rings. The minimum atomic E-state index is -0.510. The average Bonchev–Trinajstić information content (AvgIpc) is 3.13. The summed E-state index contributed by atoms with van der Waals surface area (Å²) in [7, 11) is 0. The Kier molecular flexibility index (Phi) is 6.05. The number of ether oxygens (including phenoxy) is 2. The summed E-state index contributed by atoms with van der Waals surface area (Å²) in [4.78, 5) is 27.0. The highest BCUT2D eigenvalue weighted by Crippen LogP contribution is 2.32. The highest BCUT2D eigenvalue weighted by atomic mass is 32.2. The predicted octanol–water partition coefficient (Wildman–Crippen LogP) is 3.40. The van der Waals surface area contributed by atoms with Gasteiger partial charge in [0.2, 0.25) is 11.8 Å². The van der Waals surface area contributed by atoms with Crippen molar-refractivity contribution in [3.63, 3.8) is 0 Å². The van der Waals surface area contributed by atoms with Crippen LogP contribution in [0.25, 0.3) is 6.08 Å². The van der Waals surface area contributed by atoms with Gasteiger partial charge in [0.25, 0.3) is 0 Å². The molecule has 2 amide bonds. The number of anilines is 1. The summed E-state index contributed by atoms with van der Waals surface area (Å²) < 4.78 is 11.3. The van der Waals surface area contributed by atoms with E-state index in [2.05, 4.69) is 5.32 Å². The zero-order valence-electron chi connectivity index (χ0n) is 15.9. The van der Waals surface area contributed by atoms with E-state index >= 15 is 0 Å². The molecule has 6 nitrogen and oxygen atoms in total. The van der Waals surface area contributed by atoms with Crippen molar-refractivity contribution in [2.75, 3.05) is 30.2 Å². The third kappa shape index (κ3) is 4.74. The first kappa shape index (κ1) is 19.4. The van der Waals surface area contributed by atoms with E-state index < -0.39 is 6.04 Å². The summed E-state index contributed by atoms with van der Waals surface area (Å²) in [5, 5.41) is 2.91. The van der Waals surface area contributed by atoms with Gasteiger partial charge in [0.1, 0.15) is 6.04 Å². The van der Waals surface area contributed by atoms with Crippen LogP contribution in [-0.4, -0.2) is 47.6 Å². The largest absolute Gasteiger partial charge is 0.490 e. The smallest absolute Gasteiger partial charge is 0.248 e. The number of thioether (sulfide) groups is 1. The van der Waals surface area contributed by atoms with Gasteiger partial charge in [0.05, 0.1) is 19.1 Å². The molecule has 1 fully saturated rings. The Morgan fingerprint density at radius 2 is 1.86 bits per heavy atom. The molecule has 1 N–H and O–H groups in total. The lowest BCUT2D eigenvalue weighted by molar-refractivity contribution is -0.132. The molecule has 0 aromatic heterocycles. The Morgan fingerprint density at radius 1 is 1.07 bits per heavy atom. The van der Waals surface area contributed by atoms with E-state index in [-0.39, 0.29) is 11.8 Å². The zero-order chi connectivity index (χ0) is 20.1. The number of carbonyl (C=O) groups excluding carboxylic acids is 2. The van der Waals surface area contributed by atoms with Crippen molar-refractivity contribution in [2.24, 2.45) is 0 Å². The molecule has 1 atom stereocenters. The van der Waals surface area contributed by atoms with E-state index in [1.54, 1.807) is 40.9 Å². The SMILES string of the molecule is O=C(Nc1ccc2c(c1)OCCCO2)C1CSCN1C(=O)C=Cc1ccccc1. The molecule has 150 valence electrons. The van der Waals surface area contributed by atoms with Crippen LogP contribution in [-0.2, 0) is 9.59 Å². The van der Waals surface area contributed by atoms with Gasteiger partial charge in [-0.25, -0.2) is 0 Å². The molecule has 7 heteroatoms. The van der Waals surface area contributed by atoms with Crippen LogP contribution in [0.1, 0.15) is 12.0 Å². The lowest BCUT2D eigenvalue weighted by atomic mass is 10.2. The summed E-state index contributed by atoms with van der Waals surface area (Å²) in [6.45, 7) is 1.20. The van der Waals surface area contributed by atoms with Crippen molar-refractivity contribution < 1.29 is 19.1 Å². The Bertz CT molecular complexity index is 916. The fourth-order valence-corrected chi connectivity index (χ4v) is 4.33. The van der Waals surface area contributed by atoms with Gasteiger partial charge in [-0.2, -0.15) is 0 Å². The molecular formula is C22H22N2O4S. The second-order valence-corrected chi connectivity index (χ2v) is 7.77. The number of benzene rings is 2. The van der Waals surface area contributed by atoms with Crippen LogP contribution in [0.3, 0.4) is 0 Å². The summed E-state index contributed by atoms with van der Waals surface area (Å²) >= 11 is 1.57. The molecule has 0 radical (unpaired) electrons. The number of fused-ring (bicyclic) bond motifs is 1. The number of amides is 2. The molecular weight excluding hydrogens is 388 g/mol. The van der Waals surface area contributed by atoms with E-state index in [0.717, 1.165) is 12.0 Å². The Hall–Kier alpha value is -2.93. The van der Waals surface area contributed by atoms with E-state index in [4.69, 9.17) is 9.47 Å².